The fraction of sp³-hybridized carbons (Fsp3) is 0.333. The lowest BCUT2D eigenvalue weighted by Crippen LogP contribution is -2.49. The maximum atomic E-state index is 12.6. The predicted octanol–water partition coefficient (Wildman–Crippen LogP) is 3.63. The number of amides is 2. The second-order valence-corrected chi connectivity index (χ2v) is 7.47. The summed E-state index contributed by atoms with van der Waals surface area (Å²) in [5.41, 5.74) is 2.38. The number of rotatable bonds is 5. The van der Waals surface area contributed by atoms with Crippen LogP contribution in [0.4, 0.5) is 5.69 Å². The Balaban J connectivity index is 1.57. The van der Waals surface area contributed by atoms with Crippen LogP contribution in [0.5, 0.6) is 0 Å². The quantitative estimate of drug-likeness (QED) is 0.804. The lowest BCUT2D eigenvalue weighted by atomic mass is 10.1. The van der Waals surface area contributed by atoms with Gasteiger partial charge in [-0.2, -0.15) is 0 Å². The summed E-state index contributed by atoms with van der Waals surface area (Å²) in [6.45, 7) is 5.26. The van der Waals surface area contributed by atoms with Gasteiger partial charge in [0.15, 0.2) is 0 Å². The Bertz CT molecular complexity index is 827. The molecule has 0 atom stereocenters. The van der Waals surface area contributed by atoms with E-state index in [1.807, 2.05) is 36.1 Å². The van der Waals surface area contributed by atoms with Crippen molar-refractivity contribution in [2.45, 2.75) is 13.3 Å². The highest BCUT2D eigenvalue weighted by atomic mass is 35.5. The fourth-order valence-corrected chi connectivity index (χ4v) is 3.80. The molecule has 1 saturated heterocycles. The third-order valence-corrected chi connectivity index (χ3v) is 5.56. The molecule has 148 valence electrons. The number of hydrogen-bond acceptors (Lipinski definition) is 3. The normalized spacial score (nSPS) is 14.1. The molecular weight excluding hydrogens is 397 g/mol. The molecule has 5 nitrogen and oxygen atoms in total. The van der Waals surface area contributed by atoms with E-state index >= 15 is 0 Å². The summed E-state index contributed by atoms with van der Waals surface area (Å²) in [5.74, 6) is -0.0380. The number of anilines is 1. The van der Waals surface area contributed by atoms with Gasteiger partial charge in [-0.1, -0.05) is 29.3 Å². The molecule has 1 heterocycles. The Kier molecular flexibility index (Phi) is 6.81. The highest BCUT2D eigenvalue weighted by Gasteiger charge is 2.23. The van der Waals surface area contributed by atoms with Gasteiger partial charge < -0.3 is 15.1 Å². The number of piperazine rings is 1. The van der Waals surface area contributed by atoms with E-state index in [0.717, 1.165) is 18.8 Å². The first-order chi connectivity index (χ1) is 13.5. The zero-order chi connectivity index (χ0) is 20.1. The summed E-state index contributed by atoms with van der Waals surface area (Å²) in [4.78, 5) is 28.6. The molecule has 0 aromatic heterocycles. The Hall–Kier alpha value is -2.24. The summed E-state index contributed by atoms with van der Waals surface area (Å²) in [7, 11) is 0. The second-order valence-electron chi connectivity index (χ2n) is 6.65. The highest BCUT2D eigenvalue weighted by Crippen LogP contribution is 2.25. The standard InChI is InChI=1S/C21H23Cl2N3O2/c1-2-24-21(28)15-6-8-16(9-7-15)25-10-12-26(13-11-25)20(27)14-17-18(22)4-3-5-19(17)23/h3-9H,2,10-14H2,1H3,(H,24,28). The van der Waals surface area contributed by atoms with Gasteiger partial charge in [0.25, 0.3) is 5.91 Å². The second kappa shape index (κ2) is 9.30. The van der Waals surface area contributed by atoms with E-state index in [0.29, 0.717) is 40.8 Å². The molecule has 1 aliphatic rings. The average molecular weight is 420 g/mol. The number of carbonyl (C=O) groups excluding carboxylic acids is 2. The van der Waals surface area contributed by atoms with Crippen molar-refractivity contribution in [2.24, 2.45) is 0 Å². The summed E-state index contributed by atoms with van der Waals surface area (Å²) in [6.07, 6.45) is 0.208. The topological polar surface area (TPSA) is 52.7 Å². The van der Waals surface area contributed by atoms with Crippen molar-refractivity contribution in [3.8, 4) is 0 Å². The minimum absolute atomic E-state index is 0.0289. The molecule has 0 saturated carbocycles. The van der Waals surface area contributed by atoms with Crippen LogP contribution in [-0.2, 0) is 11.2 Å². The third-order valence-electron chi connectivity index (χ3n) is 4.85. The molecule has 0 bridgehead atoms. The van der Waals surface area contributed by atoms with Crippen LogP contribution in [0.15, 0.2) is 42.5 Å². The van der Waals surface area contributed by atoms with Gasteiger partial charge in [-0.05, 0) is 48.9 Å². The van der Waals surface area contributed by atoms with Crippen LogP contribution < -0.4 is 10.2 Å². The van der Waals surface area contributed by atoms with Gasteiger partial charge in [-0.15, -0.1) is 0 Å². The van der Waals surface area contributed by atoms with Gasteiger partial charge in [0, 0.05) is 54.0 Å². The summed E-state index contributed by atoms with van der Waals surface area (Å²) < 4.78 is 0. The van der Waals surface area contributed by atoms with Crippen molar-refractivity contribution < 1.29 is 9.59 Å². The first kappa shape index (κ1) is 20.5. The van der Waals surface area contributed by atoms with Gasteiger partial charge in [-0.3, -0.25) is 9.59 Å². The van der Waals surface area contributed by atoms with E-state index in [-0.39, 0.29) is 18.2 Å². The van der Waals surface area contributed by atoms with Gasteiger partial charge in [0.1, 0.15) is 0 Å². The van der Waals surface area contributed by atoms with E-state index < -0.39 is 0 Å². The van der Waals surface area contributed by atoms with Crippen LogP contribution in [0.25, 0.3) is 0 Å². The van der Waals surface area contributed by atoms with Crippen LogP contribution in [-0.4, -0.2) is 49.4 Å². The Morgan fingerprint density at radius 3 is 2.14 bits per heavy atom. The molecule has 0 aliphatic carbocycles. The lowest BCUT2D eigenvalue weighted by molar-refractivity contribution is -0.130. The van der Waals surface area contributed by atoms with Crippen LogP contribution in [0.1, 0.15) is 22.8 Å². The number of carbonyl (C=O) groups is 2. The van der Waals surface area contributed by atoms with Crippen molar-refractivity contribution in [3.05, 3.63) is 63.6 Å². The van der Waals surface area contributed by atoms with Gasteiger partial charge in [0.2, 0.25) is 5.91 Å². The average Bonchev–Trinajstić information content (AvgIpc) is 2.71. The molecule has 2 amide bonds. The largest absolute Gasteiger partial charge is 0.368 e. The maximum absolute atomic E-state index is 12.6. The first-order valence-electron chi connectivity index (χ1n) is 9.33. The van der Waals surface area contributed by atoms with Crippen LogP contribution in [0.2, 0.25) is 10.0 Å². The van der Waals surface area contributed by atoms with Crippen molar-refractivity contribution in [1.29, 1.82) is 0 Å². The minimum atomic E-state index is -0.0669. The molecular formula is C21H23Cl2N3O2. The number of nitrogens with zero attached hydrogens (tertiary/aromatic N) is 2. The van der Waals surface area contributed by atoms with Gasteiger partial charge in [0.05, 0.1) is 6.42 Å². The van der Waals surface area contributed by atoms with Crippen LogP contribution in [0.3, 0.4) is 0 Å². The number of nitrogens with one attached hydrogen (secondary N) is 1. The Labute approximate surface area is 175 Å². The smallest absolute Gasteiger partial charge is 0.251 e. The molecule has 0 unspecified atom stereocenters. The molecule has 2 aromatic carbocycles. The van der Waals surface area contributed by atoms with E-state index in [1.54, 1.807) is 18.2 Å². The molecule has 7 heteroatoms. The number of hydrogen-bond donors (Lipinski definition) is 1. The Morgan fingerprint density at radius 2 is 1.57 bits per heavy atom. The van der Waals surface area contributed by atoms with E-state index in [4.69, 9.17) is 23.2 Å². The number of halogens is 2. The Morgan fingerprint density at radius 1 is 0.964 bits per heavy atom. The van der Waals surface area contributed by atoms with Crippen LogP contribution in [0, 0.1) is 0 Å². The monoisotopic (exact) mass is 419 g/mol. The van der Waals surface area contributed by atoms with Gasteiger partial charge in [-0.25, -0.2) is 0 Å². The van der Waals surface area contributed by atoms with Gasteiger partial charge >= 0.3 is 0 Å². The maximum Gasteiger partial charge on any atom is 0.251 e. The molecule has 1 fully saturated rings. The summed E-state index contributed by atoms with van der Waals surface area (Å²) in [6, 6.07) is 12.8. The zero-order valence-electron chi connectivity index (χ0n) is 15.8. The molecule has 28 heavy (non-hydrogen) atoms. The van der Waals surface area contributed by atoms with Crippen LogP contribution >= 0.6 is 23.2 Å². The predicted molar refractivity (Wildman–Crippen MR) is 113 cm³/mol. The number of benzene rings is 2. The van der Waals surface area contributed by atoms with E-state index in [2.05, 4.69) is 10.2 Å². The summed E-state index contributed by atoms with van der Waals surface area (Å²) >= 11 is 12.4. The molecule has 3 rings (SSSR count). The van der Waals surface area contributed by atoms with Crippen molar-refractivity contribution >= 4 is 40.7 Å². The molecule has 0 spiro atoms. The zero-order valence-corrected chi connectivity index (χ0v) is 17.3. The highest BCUT2D eigenvalue weighted by molar-refractivity contribution is 6.36. The molecule has 0 radical (unpaired) electrons. The first-order valence-corrected chi connectivity index (χ1v) is 10.1. The summed E-state index contributed by atoms with van der Waals surface area (Å²) in [5, 5.41) is 3.83. The van der Waals surface area contributed by atoms with Crippen molar-refractivity contribution in [1.82, 2.24) is 10.2 Å². The molecule has 2 aromatic rings. The minimum Gasteiger partial charge on any atom is -0.368 e. The SMILES string of the molecule is CCNC(=O)c1ccc(N2CCN(C(=O)Cc3c(Cl)cccc3Cl)CC2)cc1. The van der Waals surface area contributed by atoms with E-state index in [9.17, 15) is 9.59 Å². The van der Waals surface area contributed by atoms with Crippen molar-refractivity contribution in [2.75, 3.05) is 37.6 Å². The molecule has 1 aliphatic heterocycles. The van der Waals surface area contributed by atoms with Crippen molar-refractivity contribution in [3.63, 3.8) is 0 Å². The lowest BCUT2D eigenvalue weighted by Gasteiger charge is -2.36. The third kappa shape index (κ3) is 4.78. The van der Waals surface area contributed by atoms with E-state index in [1.165, 1.54) is 0 Å². The fourth-order valence-electron chi connectivity index (χ4n) is 3.26. The molecule has 1 N–H and O–H groups in total.